The molecule has 7 heteroatoms. The van der Waals surface area contributed by atoms with Crippen LogP contribution in [-0.4, -0.2) is 28.0 Å². The number of sulfonamides is 1. The van der Waals surface area contributed by atoms with Gasteiger partial charge in [0.05, 0.1) is 23.7 Å². The first-order chi connectivity index (χ1) is 17.0. The molecule has 1 N–H and O–H groups in total. The van der Waals surface area contributed by atoms with Gasteiger partial charge in [-0.05, 0) is 80.1 Å². The van der Waals surface area contributed by atoms with Crippen LogP contribution in [-0.2, 0) is 14.8 Å². The van der Waals surface area contributed by atoms with E-state index in [1.807, 2.05) is 57.2 Å². The van der Waals surface area contributed by atoms with Gasteiger partial charge in [-0.15, -0.1) is 0 Å². The Bertz CT molecular complexity index is 1280. The molecule has 0 fully saturated rings. The normalized spacial score (nSPS) is 12.3. The number of aryl methyl sites for hydroxylation is 2. The van der Waals surface area contributed by atoms with Gasteiger partial charge in [-0.1, -0.05) is 55.8 Å². The number of carbonyl (C=O) groups excluding carboxylic acids is 1. The molecule has 0 aromatic heterocycles. The molecule has 3 aromatic carbocycles. The third-order valence-electron chi connectivity index (χ3n) is 6.30. The zero-order valence-electron chi connectivity index (χ0n) is 21.9. The van der Waals surface area contributed by atoms with Gasteiger partial charge < -0.3 is 10.1 Å². The summed E-state index contributed by atoms with van der Waals surface area (Å²) in [6, 6.07) is 19.5. The number of hydrogen-bond acceptors (Lipinski definition) is 4. The Kier molecular flexibility index (Phi) is 8.79. The van der Waals surface area contributed by atoms with E-state index < -0.39 is 10.0 Å². The molecule has 0 saturated carbocycles. The average molecular weight is 509 g/mol. The largest absolute Gasteiger partial charge is 0.497 e. The SMILES string of the molecule is COc1ccc([C@@H](CC(C)C)NC(=O)CN(c2cccc(C)c2C)S(=O)(=O)c2ccc(C)cc2)cc1. The second-order valence-electron chi connectivity index (χ2n) is 9.57. The van der Waals surface area contributed by atoms with Crippen molar-refractivity contribution in [3.05, 3.63) is 89.0 Å². The highest BCUT2D eigenvalue weighted by Gasteiger charge is 2.29. The minimum Gasteiger partial charge on any atom is -0.497 e. The van der Waals surface area contributed by atoms with E-state index in [4.69, 9.17) is 4.74 Å². The average Bonchev–Trinajstić information content (AvgIpc) is 2.84. The van der Waals surface area contributed by atoms with Gasteiger partial charge in [0.15, 0.2) is 0 Å². The standard InChI is InChI=1S/C29H36N2O4S/c1-20(2)18-27(24-12-14-25(35-6)15-13-24)30-29(32)19-31(28-9-7-8-22(4)23(28)5)36(33,34)26-16-10-21(3)11-17-26/h7-17,20,27H,18-19H2,1-6H3,(H,30,32)/t27-/m1/s1. The Hall–Kier alpha value is -3.32. The predicted octanol–water partition coefficient (Wildman–Crippen LogP) is 5.72. The van der Waals surface area contributed by atoms with Crippen LogP contribution in [0.3, 0.4) is 0 Å². The predicted molar refractivity (Wildman–Crippen MR) is 145 cm³/mol. The molecule has 0 aliphatic carbocycles. The molecule has 3 rings (SSSR count). The van der Waals surface area contributed by atoms with Gasteiger partial charge in [0.25, 0.3) is 10.0 Å². The van der Waals surface area contributed by atoms with Crippen LogP contribution in [0.15, 0.2) is 71.6 Å². The van der Waals surface area contributed by atoms with Gasteiger partial charge in [0.2, 0.25) is 5.91 Å². The van der Waals surface area contributed by atoms with Gasteiger partial charge in [-0.3, -0.25) is 9.10 Å². The number of hydrogen-bond donors (Lipinski definition) is 1. The van der Waals surface area contributed by atoms with Crippen LogP contribution >= 0.6 is 0 Å². The van der Waals surface area contributed by atoms with E-state index in [2.05, 4.69) is 19.2 Å². The Morgan fingerprint density at radius 2 is 1.58 bits per heavy atom. The van der Waals surface area contributed by atoms with Crippen LogP contribution in [0.2, 0.25) is 0 Å². The molecule has 0 heterocycles. The van der Waals surface area contributed by atoms with Crippen molar-refractivity contribution in [2.45, 2.75) is 52.0 Å². The summed E-state index contributed by atoms with van der Waals surface area (Å²) in [5.74, 6) is 0.690. The van der Waals surface area contributed by atoms with Gasteiger partial charge in [0.1, 0.15) is 12.3 Å². The maximum Gasteiger partial charge on any atom is 0.264 e. The third kappa shape index (κ3) is 6.46. The molecule has 1 atom stereocenters. The summed E-state index contributed by atoms with van der Waals surface area (Å²) in [5, 5.41) is 3.08. The number of carbonyl (C=O) groups is 1. The lowest BCUT2D eigenvalue weighted by atomic mass is 9.97. The molecule has 0 bridgehead atoms. The highest BCUT2D eigenvalue weighted by atomic mass is 32.2. The second-order valence-corrected chi connectivity index (χ2v) is 11.4. The second kappa shape index (κ2) is 11.6. The van der Waals surface area contributed by atoms with E-state index in [0.717, 1.165) is 28.0 Å². The van der Waals surface area contributed by atoms with Crippen LogP contribution < -0.4 is 14.4 Å². The lowest BCUT2D eigenvalue weighted by Crippen LogP contribution is -2.42. The van der Waals surface area contributed by atoms with Crippen molar-refractivity contribution in [3.8, 4) is 5.75 Å². The zero-order chi connectivity index (χ0) is 26.5. The molecule has 0 radical (unpaired) electrons. The number of nitrogens with zero attached hydrogens (tertiary/aromatic N) is 1. The topological polar surface area (TPSA) is 75.7 Å². The van der Waals surface area contributed by atoms with E-state index in [1.54, 1.807) is 37.4 Å². The third-order valence-corrected chi connectivity index (χ3v) is 8.08. The van der Waals surface area contributed by atoms with Crippen molar-refractivity contribution in [1.82, 2.24) is 5.32 Å². The first-order valence-electron chi connectivity index (χ1n) is 12.1. The van der Waals surface area contributed by atoms with Crippen LogP contribution in [0.25, 0.3) is 0 Å². The van der Waals surface area contributed by atoms with Crippen molar-refractivity contribution in [1.29, 1.82) is 0 Å². The fraction of sp³-hybridized carbons (Fsp3) is 0.345. The molecular formula is C29H36N2O4S. The van der Waals surface area contributed by atoms with E-state index in [9.17, 15) is 13.2 Å². The minimum atomic E-state index is -3.98. The summed E-state index contributed by atoms with van der Waals surface area (Å²) >= 11 is 0. The maximum absolute atomic E-state index is 13.8. The van der Waals surface area contributed by atoms with Gasteiger partial charge in [-0.2, -0.15) is 0 Å². The lowest BCUT2D eigenvalue weighted by Gasteiger charge is -2.28. The molecule has 6 nitrogen and oxygen atoms in total. The summed E-state index contributed by atoms with van der Waals surface area (Å²) in [6.45, 7) is 9.56. The Labute approximate surface area is 215 Å². The Morgan fingerprint density at radius 1 is 0.944 bits per heavy atom. The lowest BCUT2D eigenvalue weighted by molar-refractivity contribution is -0.120. The van der Waals surface area contributed by atoms with E-state index >= 15 is 0 Å². The Balaban J connectivity index is 1.96. The van der Waals surface area contributed by atoms with Crippen molar-refractivity contribution in [2.24, 2.45) is 5.92 Å². The molecule has 0 unspecified atom stereocenters. The van der Waals surface area contributed by atoms with Gasteiger partial charge >= 0.3 is 0 Å². The fourth-order valence-electron chi connectivity index (χ4n) is 4.10. The summed E-state index contributed by atoms with van der Waals surface area (Å²) in [7, 11) is -2.37. The summed E-state index contributed by atoms with van der Waals surface area (Å²) < 4.78 is 34.0. The summed E-state index contributed by atoms with van der Waals surface area (Å²) in [6.07, 6.45) is 0.715. The number of rotatable bonds is 10. The zero-order valence-corrected chi connectivity index (χ0v) is 22.7. The number of benzene rings is 3. The number of anilines is 1. The number of methoxy groups -OCH3 is 1. The first-order valence-corrected chi connectivity index (χ1v) is 13.6. The molecule has 192 valence electrons. The van der Waals surface area contributed by atoms with E-state index in [1.165, 1.54) is 4.31 Å². The van der Waals surface area contributed by atoms with Crippen molar-refractivity contribution in [3.63, 3.8) is 0 Å². The molecule has 1 amide bonds. The first kappa shape index (κ1) is 27.3. The van der Waals surface area contributed by atoms with Crippen LogP contribution in [0.5, 0.6) is 5.75 Å². The highest BCUT2D eigenvalue weighted by Crippen LogP contribution is 2.29. The van der Waals surface area contributed by atoms with E-state index in [-0.39, 0.29) is 23.4 Å². The van der Waals surface area contributed by atoms with Crippen LogP contribution in [0.1, 0.15) is 48.6 Å². The number of amides is 1. The maximum atomic E-state index is 13.8. The quantitative estimate of drug-likeness (QED) is 0.380. The molecule has 3 aromatic rings. The van der Waals surface area contributed by atoms with E-state index in [0.29, 0.717) is 18.0 Å². The molecule has 0 aliphatic rings. The van der Waals surface area contributed by atoms with Gasteiger partial charge in [-0.25, -0.2) is 8.42 Å². The molecule has 0 spiro atoms. The molecule has 0 saturated heterocycles. The minimum absolute atomic E-state index is 0.149. The van der Waals surface area contributed by atoms with Crippen molar-refractivity contribution >= 4 is 21.6 Å². The fourth-order valence-corrected chi connectivity index (χ4v) is 5.58. The molecule has 0 aliphatic heterocycles. The van der Waals surface area contributed by atoms with Crippen LogP contribution in [0, 0.1) is 26.7 Å². The van der Waals surface area contributed by atoms with Gasteiger partial charge in [0, 0.05) is 0 Å². The molecular weight excluding hydrogens is 472 g/mol. The number of ether oxygens (including phenoxy) is 1. The highest BCUT2D eigenvalue weighted by molar-refractivity contribution is 7.92. The summed E-state index contributed by atoms with van der Waals surface area (Å²) in [4.78, 5) is 13.6. The monoisotopic (exact) mass is 508 g/mol. The van der Waals surface area contributed by atoms with Crippen molar-refractivity contribution < 1.29 is 17.9 Å². The van der Waals surface area contributed by atoms with Crippen molar-refractivity contribution in [2.75, 3.05) is 18.0 Å². The van der Waals surface area contributed by atoms with Crippen LogP contribution in [0.4, 0.5) is 5.69 Å². The summed E-state index contributed by atoms with van der Waals surface area (Å²) in [5.41, 5.74) is 4.16. The smallest absolute Gasteiger partial charge is 0.264 e. The molecule has 36 heavy (non-hydrogen) atoms. The Morgan fingerprint density at radius 3 is 2.17 bits per heavy atom. The number of nitrogens with one attached hydrogen (secondary N) is 1.